The number of carbonyl (C=O) groups is 1. The van der Waals surface area contributed by atoms with Crippen molar-refractivity contribution in [3.63, 3.8) is 0 Å². The molecular weight excluding hydrogens is 556 g/mol. The van der Waals surface area contributed by atoms with Crippen LogP contribution in [0.4, 0.5) is 0 Å². The van der Waals surface area contributed by atoms with Crippen LogP contribution in [0.3, 0.4) is 0 Å². The fraction of sp³-hybridized carbons (Fsp3) is 0.178. The maximum atomic E-state index is 16.0. The number of benzene rings is 6. The molecular formula is C45H42O. The third kappa shape index (κ3) is 5.98. The molecule has 228 valence electrons. The van der Waals surface area contributed by atoms with E-state index in [2.05, 4.69) is 163 Å². The molecule has 0 aliphatic heterocycles. The SMILES string of the molecule is CC(C)(C)c1ccc(-c2ccccc2)c(C(=O)c2c(-c3ccccc3)ccc(C(C)(C)C)c2-c2ccccc2)c1-c1ccccc1. The van der Waals surface area contributed by atoms with E-state index in [1.54, 1.807) is 0 Å². The Morgan fingerprint density at radius 3 is 0.935 bits per heavy atom. The number of carbonyl (C=O) groups excluding carboxylic acids is 1. The molecule has 0 radical (unpaired) electrons. The quantitative estimate of drug-likeness (QED) is 0.174. The van der Waals surface area contributed by atoms with Crippen molar-refractivity contribution in [3.05, 3.63) is 168 Å². The molecule has 6 aromatic carbocycles. The molecule has 0 N–H and O–H groups in total. The molecule has 0 aliphatic carbocycles. The molecule has 1 heteroatoms. The minimum absolute atomic E-state index is 0.0348. The largest absolute Gasteiger partial charge is 0.289 e. The molecule has 0 unspecified atom stereocenters. The molecule has 0 aliphatic rings. The van der Waals surface area contributed by atoms with E-state index >= 15 is 4.79 Å². The highest BCUT2D eigenvalue weighted by Crippen LogP contribution is 2.46. The molecule has 6 aromatic rings. The highest BCUT2D eigenvalue weighted by atomic mass is 16.1. The molecule has 0 spiro atoms. The van der Waals surface area contributed by atoms with Crippen molar-refractivity contribution in [2.75, 3.05) is 0 Å². The monoisotopic (exact) mass is 598 g/mol. The fourth-order valence-electron chi connectivity index (χ4n) is 6.58. The maximum absolute atomic E-state index is 16.0. The zero-order chi connectivity index (χ0) is 32.5. The Morgan fingerprint density at radius 1 is 0.370 bits per heavy atom. The van der Waals surface area contributed by atoms with Gasteiger partial charge in [-0.1, -0.05) is 187 Å². The lowest BCUT2D eigenvalue weighted by Gasteiger charge is -2.29. The highest BCUT2D eigenvalue weighted by Gasteiger charge is 2.32. The Labute approximate surface area is 274 Å². The van der Waals surface area contributed by atoms with E-state index in [9.17, 15) is 0 Å². The van der Waals surface area contributed by atoms with Gasteiger partial charge in [0.2, 0.25) is 0 Å². The summed E-state index contributed by atoms with van der Waals surface area (Å²) in [6.45, 7) is 13.4. The van der Waals surface area contributed by atoms with E-state index in [0.717, 1.165) is 66.8 Å². The lowest BCUT2D eigenvalue weighted by Crippen LogP contribution is -2.19. The average Bonchev–Trinajstić information content (AvgIpc) is 3.07. The fourth-order valence-corrected chi connectivity index (χ4v) is 6.58. The van der Waals surface area contributed by atoms with Crippen LogP contribution in [-0.2, 0) is 10.8 Å². The summed E-state index contributed by atoms with van der Waals surface area (Å²) >= 11 is 0. The summed E-state index contributed by atoms with van der Waals surface area (Å²) in [5.74, 6) is 0.0348. The molecule has 0 amide bonds. The lowest BCUT2D eigenvalue weighted by molar-refractivity contribution is 0.104. The first-order chi connectivity index (χ1) is 22.1. The number of rotatable bonds is 6. The second-order valence-electron chi connectivity index (χ2n) is 14.1. The Bertz CT molecular complexity index is 1830. The van der Waals surface area contributed by atoms with Crippen LogP contribution in [0.25, 0.3) is 44.5 Å². The second-order valence-corrected chi connectivity index (χ2v) is 14.1. The van der Waals surface area contributed by atoms with Crippen molar-refractivity contribution in [1.82, 2.24) is 0 Å². The first-order valence-electron chi connectivity index (χ1n) is 16.2. The van der Waals surface area contributed by atoms with Crippen molar-refractivity contribution in [2.24, 2.45) is 0 Å². The Balaban J connectivity index is 1.82. The van der Waals surface area contributed by atoms with Crippen molar-refractivity contribution in [1.29, 1.82) is 0 Å². The summed E-state index contributed by atoms with van der Waals surface area (Å²) in [6.07, 6.45) is 0. The van der Waals surface area contributed by atoms with Crippen LogP contribution < -0.4 is 0 Å². The van der Waals surface area contributed by atoms with Crippen molar-refractivity contribution < 1.29 is 4.79 Å². The standard InChI is InChI=1S/C45H42O/c1-44(2,3)37-29-27-35(31-19-11-7-12-20-31)41(39(37)33-23-15-9-16-24-33)43(46)42-36(32-21-13-8-14-22-32)28-30-38(45(4,5)6)40(42)34-25-17-10-18-26-34/h7-30H,1-6H3. The molecule has 6 rings (SSSR count). The summed E-state index contributed by atoms with van der Waals surface area (Å²) in [4.78, 5) is 16.0. The number of hydrogen-bond acceptors (Lipinski definition) is 1. The molecule has 0 heterocycles. The van der Waals surface area contributed by atoms with Gasteiger partial charge in [0.15, 0.2) is 5.78 Å². The van der Waals surface area contributed by atoms with Gasteiger partial charge in [-0.2, -0.15) is 0 Å². The van der Waals surface area contributed by atoms with E-state index in [0.29, 0.717) is 0 Å². The smallest absolute Gasteiger partial charge is 0.195 e. The maximum Gasteiger partial charge on any atom is 0.195 e. The minimum atomic E-state index is -0.201. The molecule has 46 heavy (non-hydrogen) atoms. The number of hydrogen-bond donors (Lipinski definition) is 0. The normalized spacial score (nSPS) is 11.8. The second kappa shape index (κ2) is 12.4. The number of ketones is 1. The van der Waals surface area contributed by atoms with Crippen molar-refractivity contribution in [2.45, 2.75) is 52.4 Å². The van der Waals surface area contributed by atoms with Gasteiger partial charge in [-0.15, -0.1) is 0 Å². The summed E-state index contributed by atoms with van der Waals surface area (Å²) in [5.41, 5.74) is 11.4. The highest BCUT2D eigenvalue weighted by molar-refractivity contribution is 6.23. The first kappa shape index (κ1) is 31.0. The van der Waals surface area contributed by atoms with Crippen LogP contribution in [0.1, 0.15) is 68.6 Å². The van der Waals surface area contributed by atoms with Gasteiger partial charge in [-0.25, -0.2) is 0 Å². The lowest BCUT2D eigenvalue weighted by atomic mass is 9.73. The van der Waals surface area contributed by atoms with Gasteiger partial charge < -0.3 is 0 Å². The predicted molar refractivity (Wildman–Crippen MR) is 195 cm³/mol. The minimum Gasteiger partial charge on any atom is -0.289 e. The summed E-state index contributed by atoms with van der Waals surface area (Å²) in [6, 6.07) is 50.4. The zero-order valence-electron chi connectivity index (χ0n) is 27.8. The van der Waals surface area contributed by atoms with Crippen molar-refractivity contribution >= 4 is 5.78 Å². The Kier molecular flexibility index (Phi) is 8.36. The molecule has 0 aromatic heterocycles. The van der Waals surface area contributed by atoms with Gasteiger partial charge in [-0.3, -0.25) is 4.79 Å². The topological polar surface area (TPSA) is 17.1 Å². The van der Waals surface area contributed by atoms with E-state index in [1.807, 2.05) is 24.3 Å². The van der Waals surface area contributed by atoms with E-state index < -0.39 is 0 Å². The molecule has 0 saturated heterocycles. The van der Waals surface area contributed by atoms with Gasteiger partial charge in [-0.05, 0) is 66.5 Å². The van der Waals surface area contributed by atoms with Gasteiger partial charge in [0.1, 0.15) is 0 Å². The molecule has 0 bridgehead atoms. The molecule has 0 saturated carbocycles. The van der Waals surface area contributed by atoms with Gasteiger partial charge in [0, 0.05) is 11.1 Å². The molecule has 0 atom stereocenters. The summed E-state index contributed by atoms with van der Waals surface area (Å²) in [5, 5.41) is 0. The van der Waals surface area contributed by atoms with Crippen LogP contribution in [0.15, 0.2) is 146 Å². The Morgan fingerprint density at radius 2 is 0.652 bits per heavy atom. The third-order valence-corrected chi connectivity index (χ3v) is 8.78. The van der Waals surface area contributed by atoms with E-state index in [-0.39, 0.29) is 16.6 Å². The van der Waals surface area contributed by atoms with E-state index in [1.165, 1.54) is 0 Å². The van der Waals surface area contributed by atoms with Gasteiger partial charge in [0.05, 0.1) is 0 Å². The van der Waals surface area contributed by atoms with E-state index in [4.69, 9.17) is 0 Å². The van der Waals surface area contributed by atoms with Crippen LogP contribution in [-0.4, -0.2) is 5.78 Å². The molecule has 1 nitrogen and oxygen atoms in total. The average molecular weight is 599 g/mol. The van der Waals surface area contributed by atoms with Gasteiger partial charge >= 0.3 is 0 Å². The van der Waals surface area contributed by atoms with Crippen LogP contribution in [0.5, 0.6) is 0 Å². The predicted octanol–water partition coefficient (Wildman–Crippen LogP) is 12.2. The van der Waals surface area contributed by atoms with Crippen LogP contribution >= 0.6 is 0 Å². The summed E-state index contributed by atoms with van der Waals surface area (Å²) < 4.78 is 0. The Hall–Kier alpha value is -5.01. The third-order valence-electron chi connectivity index (χ3n) is 8.78. The molecule has 0 fully saturated rings. The van der Waals surface area contributed by atoms with Crippen LogP contribution in [0, 0.1) is 0 Å². The van der Waals surface area contributed by atoms with Crippen molar-refractivity contribution in [3.8, 4) is 44.5 Å². The van der Waals surface area contributed by atoms with Gasteiger partial charge in [0.25, 0.3) is 0 Å². The zero-order valence-corrected chi connectivity index (χ0v) is 27.8. The summed E-state index contributed by atoms with van der Waals surface area (Å²) in [7, 11) is 0. The van der Waals surface area contributed by atoms with Crippen LogP contribution in [0.2, 0.25) is 0 Å². The first-order valence-corrected chi connectivity index (χ1v) is 16.2.